The molecule has 1 heterocycles. The third-order valence-electron chi connectivity index (χ3n) is 3.73. The molecular formula is C19H18ClN5OS. The molecule has 0 unspecified atom stereocenters. The van der Waals surface area contributed by atoms with Gasteiger partial charge in [-0.3, -0.25) is 4.79 Å². The zero-order valence-electron chi connectivity index (χ0n) is 14.9. The van der Waals surface area contributed by atoms with Crippen molar-refractivity contribution < 1.29 is 4.79 Å². The molecule has 3 aromatic rings. The lowest BCUT2D eigenvalue weighted by Gasteiger charge is -2.04. The molecule has 0 atom stereocenters. The fourth-order valence-corrected chi connectivity index (χ4v) is 3.21. The van der Waals surface area contributed by atoms with Gasteiger partial charge in [0.05, 0.1) is 12.0 Å². The molecule has 8 heteroatoms. The number of thioether (sulfide) groups is 1. The Morgan fingerprint density at radius 1 is 1.26 bits per heavy atom. The van der Waals surface area contributed by atoms with Crippen LogP contribution in [0.5, 0.6) is 0 Å². The number of amides is 1. The van der Waals surface area contributed by atoms with Crippen LogP contribution in [0.2, 0.25) is 5.02 Å². The second kappa shape index (κ2) is 8.83. The van der Waals surface area contributed by atoms with Crippen LogP contribution < -0.4 is 5.43 Å². The van der Waals surface area contributed by atoms with Crippen molar-refractivity contribution in [2.45, 2.75) is 12.1 Å². The standard InChI is InChI=1S/C19H18ClN5OS/c1-13-6-8-14(9-7-13)11-21-22-17(26)12-27-19-24-23-18(25(19)2)15-4-3-5-16(20)10-15/h3-11H,12H2,1-2H3,(H,22,26). The highest BCUT2D eigenvalue weighted by atomic mass is 35.5. The van der Waals surface area contributed by atoms with Crippen molar-refractivity contribution in [1.82, 2.24) is 20.2 Å². The summed E-state index contributed by atoms with van der Waals surface area (Å²) in [6, 6.07) is 15.3. The first-order valence-electron chi connectivity index (χ1n) is 8.19. The zero-order valence-corrected chi connectivity index (χ0v) is 16.5. The molecule has 1 amide bonds. The summed E-state index contributed by atoms with van der Waals surface area (Å²) in [7, 11) is 1.85. The molecule has 0 bridgehead atoms. The molecule has 0 aliphatic rings. The number of hydrogen-bond acceptors (Lipinski definition) is 5. The van der Waals surface area contributed by atoms with E-state index in [0.29, 0.717) is 16.0 Å². The van der Waals surface area contributed by atoms with E-state index < -0.39 is 0 Å². The number of aromatic nitrogens is 3. The van der Waals surface area contributed by atoms with Gasteiger partial charge in [0.1, 0.15) is 0 Å². The molecule has 0 spiro atoms. The van der Waals surface area contributed by atoms with Crippen molar-refractivity contribution in [3.05, 3.63) is 64.7 Å². The summed E-state index contributed by atoms with van der Waals surface area (Å²) >= 11 is 7.32. The van der Waals surface area contributed by atoms with Crippen molar-refractivity contribution in [2.24, 2.45) is 12.1 Å². The largest absolute Gasteiger partial charge is 0.305 e. The number of nitrogens with zero attached hydrogens (tertiary/aromatic N) is 4. The number of aryl methyl sites for hydroxylation is 1. The molecule has 0 saturated carbocycles. The quantitative estimate of drug-likeness (QED) is 0.390. The number of halogens is 1. The van der Waals surface area contributed by atoms with E-state index >= 15 is 0 Å². The van der Waals surface area contributed by atoms with E-state index in [9.17, 15) is 4.79 Å². The highest BCUT2D eigenvalue weighted by molar-refractivity contribution is 7.99. The molecule has 3 rings (SSSR count). The van der Waals surface area contributed by atoms with Crippen LogP contribution in [0.25, 0.3) is 11.4 Å². The van der Waals surface area contributed by atoms with Gasteiger partial charge in [-0.25, -0.2) is 5.43 Å². The number of carbonyl (C=O) groups is 1. The minimum Gasteiger partial charge on any atom is -0.305 e. The summed E-state index contributed by atoms with van der Waals surface area (Å²) in [5.41, 5.74) is 5.49. The molecule has 0 aliphatic heterocycles. The van der Waals surface area contributed by atoms with Gasteiger partial charge >= 0.3 is 0 Å². The first-order valence-corrected chi connectivity index (χ1v) is 9.56. The number of hydrazone groups is 1. The van der Waals surface area contributed by atoms with Crippen LogP contribution in [0.3, 0.4) is 0 Å². The van der Waals surface area contributed by atoms with Crippen LogP contribution in [0.1, 0.15) is 11.1 Å². The Labute approximate surface area is 166 Å². The molecule has 1 aromatic heterocycles. The van der Waals surface area contributed by atoms with Gasteiger partial charge in [-0.05, 0) is 24.6 Å². The van der Waals surface area contributed by atoms with Crippen molar-refractivity contribution in [1.29, 1.82) is 0 Å². The van der Waals surface area contributed by atoms with E-state index in [4.69, 9.17) is 11.6 Å². The summed E-state index contributed by atoms with van der Waals surface area (Å²) in [4.78, 5) is 12.0. The molecule has 138 valence electrons. The van der Waals surface area contributed by atoms with Gasteiger partial charge in [-0.15, -0.1) is 10.2 Å². The minimum atomic E-state index is -0.212. The maximum Gasteiger partial charge on any atom is 0.250 e. The second-order valence-electron chi connectivity index (χ2n) is 5.87. The Kier molecular flexibility index (Phi) is 6.26. The van der Waals surface area contributed by atoms with Gasteiger partial charge < -0.3 is 4.57 Å². The molecule has 1 N–H and O–H groups in total. The van der Waals surface area contributed by atoms with E-state index in [-0.39, 0.29) is 11.7 Å². The smallest absolute Gasteiger partial charge is 0.250 e. The first-order chi connectivity index (χ1) is 13.0. The van der Waals surface area contributed by atoms with E-state index in [1.165, 1.54) is 17.3 Å². The maximum atomic E-state index is 12.0. The zero-order chi connectivity index (χ0) is 19.2. The molecule has 6 nitrogen and oxygen atoms in total. The van der Waals surface area contributed by atoms with Crippen LogP contribution >= 0.6 is 23.4 Å². The molecule has 2 aromatic carbocycles. The van der Waals surface area contributed by atoms with Crippen LogP contribution in [0.15, 0.2) is 58.8 Å². The molecule has 0 saturated heterocycles. The molecular weight excluding hydrogens is 382 g/mol. The van der Waals surface area contributed by atoms with Gasteiger partial charge in [0.15, 0.2) is 11.0 Å². The van der Waals surface area contributed by atoms with Crippen molar-refractivity contribution in [3.63, 3.8) is 0 Å². The number of rotatable bonds is 6. The molecule has 0 fully saturated rings. The van der Waals surface area contributed by atoms with Crippen LogP contribution in [-0.2, 0) is 11.8 Å². The molecule has 27 heavy (non-hydrogen) atoms. The molecule has 0 radical (unpaired) electrons. The van der Waals surface area contributed by atoms with Gasteiger partial charge in [0.2, 0.25) is 0 Å². The van der Waals surface area contributed by atoms with Crippen LogP contribution in [0, 0.1) is 6.92 Å². The van der Waals surface area contributed by atoms with E-state index in [1.807, 2.05) is 61.0 Å². The average molecular weight is 400 g/mol. The van der Waals surface area contributed by atoms with Gasteiger partial charge in [0, 0.05) is 17.6 Å². The van der Waals surface area contributed by atoms with Gasteiger partial charge in [-0.2, -0.15) is 5.10 Å². The normalized spacial score (nSPS) is 11.1. The second-order valence-corrected chi connectivity index (χ2v) is 7.25. The Hall–Kier alpha value is -2.64. The third kappa shape index (κ3) is 5.18. The van der Waals surface area contributed by atoms with Crippen LogP contribution in [0.4, 0.5) is 0 Å². The first kappa shape index (κ1) is 19.1. The van der Waals surface area contributed by atoms with Crippen molar-refractivity contribution >= 4 is 35.5 Å². The predicted molar refractivity (Wildman–Crippen MR) is 109 cm³/mol. The number of benzene rings is 2. The summed E-state index contributed by atoms with van der Waals surface area (Å²) in [5.74, 6) is 0.667. The summed E-state index contributed by atoms with van der Waals surface area (Å²) in [5, 5.41) is 13.6. The molecule has 0 aliphatic carbocycles. The summed E-state index contributed by atoms with van der Waals surface area (Å²) < 4.78 is 1.83. The lowest BCUT2D eigenvalue weighted by Crippen LogP contribution is -2.19. The SMILES string of the molecule is Cc1ccc(C=NNC(=O)CSc2nnc(-c3cccc(Cl)c3)n2C)cc1. The monoisotopic (exact) mass is 399 g/mol. The number of carbonyl (C=O) groups excluding carboxylic acids is 1. The Morgan fingerprint density at radius 2 is 2.04 bits per heavy atom. The Balaban J connectivity index is 1.55. The van der Waals surface area contributed by atoms with Gasteiger partial charge in [0.25, 0.3) is 5.91 Å². The lowest BCUT2D eigenvalue weighted by atomic mass is 10.2. The topological polar surface area (TPSA) is 72.2 Å². The maximum absolute atomic E-state index is 12.0. The number of hydrogen-bond donors (Lipinski definition) is 1. The fourth-order valence-electron chi connectivity index (χ4n) is 2.31. The average Bonchev–Trinajstić information content (AvgIpc) is 3.02. The summed E-state index contributed by atoms with van der Waals surface area (Å²) in [6.07, 6.45) is 1.61. The summed E-state index contributed by atoms with van der Waals surface area (Å²) in [6.45, 7) is 2.02. The van der Waals surface area contributed by atoms with E-state index in [0.717, 1.165) is 11.1 Å². The van der Waals surface area contributed by atoms with E-state index in [2.05, 4.69) is 20.7 Å². The van der Waals surface area contributed by atoms with E-state index in [1.54, 1.807) is 12.3 Å². The third-order valence-corrected chi connectivity index (χ3v) is 4.99. The Bertz CT molecular complexity index is 968. The highest BCUT2D eigenvalue weighted by Crippen LogP contribution is 2.24. The lowest BCUT2D eigenvalue weighted by molar-refractivity contribution is -0.118. The predicted octanol–water partition coefficient (Wildman–Crippen LogP) is 3.69. The van der Waals surface area contributed by atoms with Crippen molar-refractivity contribution in [2.75, 3.05) is 5.75 Å². The minimum absolute atomic E-state index is 0.187. The van der Waals surface area contributed by atoms with Gasteiger partial charge in [-0.1, -0.05) is 65.3 Å². The fraction of sp³-hybridized carbons (Fsp3) is 0.158. The highest BCUT2D eigenvalue weighted by Gasteiger charge is 2.13. The van der Waals surface area contributed by atoms with Crippen LogP contribution in [-0.4, -0.2) is 32.6 Å². The Morgan fingerprint density at radius 3 is 2.78 bits per heavy atom. The van der Waals surface area contributed by atoms with Crippen molar-refractivity contribution in [3.8, 4) is 11.4 Å². The number of nitrogens with one attached hydrogen (secondary N) is 1.